The molecule has 0 radical (unpaired) electrons. The normalized spacial score (nSPS) is 14.9. The van der Waals surface area contributed by atoms with E-state index in [1.54, 1.807) is 0 Å². The van der Waals surface area contributed by atoms with Crippen LogP contribution in [0.5, 0.6) is 0 Å². The number of pyridine rings is 1. The van der Waals surface area contributed by atoms with Gasteiger partial charge in [0.15, 0.2) is 0 Å². The third-order valence-corrected chi connectivity index (χ3v) is 2.92. The summed E-state index contributed by atoms with van der Waals surface area (Å²) in [4.78, 5) is 25.9. The third kappa shape index (κ3) is 2.27. The van der Waals surface area contributed by atoms with Gasteiger partial charge in [-0.3, -0.25) is 9.59 Å². The highest BCUT2D eigenvalue weighted by Gasteiger charge is 2.25. The van der Waals surface area contributed by atoms with Gasteiger partial charge >= 0.3 is 0 Å². The lowest BCUT2D eigenvalue weighted by atomic mass is 10.2. The summed E-state index contributed by atoms with van der Waals surface area (Å²) in [6.07, 6.45) is 2.62. The van der Waals surface area contributed by atoms with Crippen molar-refractivity contribution in [1.82, 2.24) is 10.3 Å². The van der Waals surface area contributed by atoms with Crippen LogP contribution in [0.3, 0.4) is 0 Å². The van der Waals surface area contributed by atoms with Gasteiger partial charge < -0.3 is 10.3 Å². The van der Waals surface area contributed by atoms with Crippen LogP contribution in [0.4, 0.5) is 0 Å². The average Bonchev–Trinajstić information content (AvgIpc) is 3.04. The van der Waals surface area contributed by atoms with Gasteiger partial charge in [-0.05, 0) is 25.3 Å². The van der Waals surface area contributed by atoms with Gasteiger partial charge in [-0.1, -0.05) is 18.5 Å². The van der Waals surface area contributed by atoms with Crippen LogP contribution in [-0.2, 0) is 6.42 Å². The molecule has 16 heavy (non-hydrogen) atoms. The van der Waals surface area contributed by atoms with Crippen molar-refractivity contribution in [3.63, 3.8) is 0 Å². The van der Waals surface area contributed by atoms with Crippen LogP contribution in [-0.4, -0.2) is 16.9 Å². The van der Waals surface area contributed by atoms with E-state index in [0.29, 0.717) is 17.1 Å². The number of amides is 1. The minimum absolute atomic E-state index is 0.0918. The molecule has 0 aromatic carbocycles. The zero-order chi connectivity index (χ0) is 11.7. The maximum atomic E-state index is 11.7. The number of carbonyl (C=O) groups is 1. The van der Waals surface area contributed by atoms with E-state index in [1.807, 2.05) is 6.92 Å². The first-order chi connectivity index (χ1) is 7.61. The molecular weight excluding hydrogens is 228 g/mol. The molecule has 2 N–H and O–H groups in total. The zero-order valence-corrected chi connectivity index (χ0v) is 9.73. The Bertz CT molecular complexity index is 477. The van der Waals surface area contributed by atoms with Crippen molar-refractivity contribution >= 4 is 17.5 Å². The quantitative estimate of drug-likeness (QED) is 0.841. The molecule has 0 unspecified atom stereocenters. The Morgan fingerprint density at radius 1 is 1.62 bits per heavy atom. The van der Waals surface area contributed by atoms with Crippen molar-refractivity contribution in [2.45, 2.75) is 32.2 Å². The van der Waals surface area contributed by atoms with Gasteiger partial charge in [-0.15, -0.1) is 0 Å². The average molecular weight is 241 g/mol. The van der Waals surface area contributed by atoms with Crippen LogP contribution in [0, 0.1) is 0 Å². The lowest BCUT2D eigenvalue weighted by Crippen LogP contribution is -2.31. The van der Waals surface area contributed by atoms with E-state index >= 15 is 0 Å². The molecule has 1 amide bonds. The SMILES string of the molecule is CCc1[nH]c(=O)c(C(=O)NC2CC2)cc1Cl. The molecule has 0 bridgehead atoms. The number of halogens is 1. The fourth-order valence-electron chi connectivity index (χ4n) is 1.46. The molecule has 1 aliphatic carbocycles. The molecule has 1 aromatic rings. The number of aromatic amines is 1. The summed E-state index contributed by atoms with van der Waals surface area (Å²) in [6, 6.07) is 1.67. The monoisotopic (exact) mass is 240 g/mol. The fourth-order valence-corrected chi connectivity index (χ4v) is 1.75. The van der Waals surface area contributed by atoms with Crippen molar-refractivity contribution in [3.05, 3.63) is 32.7 Å². The number of nitrogens with one attached hydrogen (secondary N) is 2. The Kier molecular flexibility index (Phi) is 3.01. The molecule has 1 saturated carbocycles. The molecule has 0 spiro atoms. The topological polar surface area (TPSA) is 62.0 Å². The molecular formula is C11H13ClN2O2. The molecule has 86 valence electrons. The minimum Gasteiger partial charge on any atom is -0.349 e. The molecule has 2 rings (SSSR count). The van der Waals surface area contributed by atoms with Gasteiger partial charge in [0.25, 0.3) is 11.5 Å². The summed E-state index contributed by atoms with van der Waals surface area (Å²) in [6.45, 7) is 1.89. The van der Waals surface area contributed by atoms with Crippen LogP contribution in [0.1, 0.15) is 35.8 Å². The van der Waals surface area contributed by atoms with Crippen molar-refractivity contribution in [1.29, 1.82) is 0 Å². The number of H-pyrrole nitrogens is 1. The van der Waals surface area contributed by atoms with Gasteiger partial charge in [-0.2, -0.15) is 0 Å². The van der Waals surface area contributed by atoms with Crippen LogP contribution in [0.15, 0.2) is 10.9 Å². The molecule has 0 atom stereocenters. The summed E-state index contributed by atoms with van der Waals surface area (Å²) in [7, 11) is 0. The van der Waals surface area contributed by atoms with Crippen LogP contribution >= 0.6 is 11.6 Å². The number of rotatable bonds is 3. The number of aryl methyl sites for hydroxylation is 1. The van der Waals surface area contributed by atoms with E-state index < -0.39 is 0 Å². The van der Waals surface area contributed by atoms with Gasteiger partial charge in [0.2, 0.25) is 0 Å². The Morgan fingerprint density at radius 2 is 2.31 bits per heavy atom. The second-order valence-electron chi connectivity index (χ2n) is 3.94. The van der Waals surface area contributed by atoms with Gasteiger partial charge in [-0.25, -0.2) is 0 Å². The number of hydrogen-bond donors (Lipinski definition) is 2. The first kappa shape index (κ1) is 11.2. The molecule has 1 aromatic heterocycles. The first-order valence-corrected chi connectivity index (χ1v) is 5.72. The minimum atomic E-state index is -0.376. The number of hydrogen-bond acceptors (Lipinski definition) is 2. The van der Waals surface area contributed by atoms with Crippen LogP contribution in [0.2, 0.25) is 5.02 Å². The van der Waals surface area contributed by atoms with Crippen molar-refractivity contribution in [3.8, 4) is 0 Å². The molecule has 0 saturated heterocycles. The van der Waals surface area contributed by atoms with Gasteiger partial charge in [0, 0.05) is 11.7 Å². The lowest BCUT2D eigenvalue weighted by Gasteiger charge is -2.05. The second kappa shape index (κ2) is 4.29. The maximum absolute atomic E-state index is 11.7. The second-order valence-corrected chi connectivity index (χ2v) is 4.35. The highest BCUT2D eigenvalue weighted by molar-refractivity contribution is 6.31. The van der Waals surface area contributed by atoms with Gasteiger partial charge in [0.05, 0.1) is 5.02 Å². The zero-order valence-electron chi connectivity index (χ0n) is 8.97. The standard InChI is InChI=1S/C11H13ClN2O2/c1-2-9-8(12)5-7(11(16)14-9)10(15)13-6-3-4-6/h5-6H,2-4H2,1H3,(H,13,15)(H,14,16). The van der Waals surface area contributed by atoms with E-state index in [0.717, 1.165) is 12.8 Å². The Morgan fingerprint density at radius 3 is 2.88 bits per heavy atom. The van der Waals surface area contributed by atoms with Crippen LogP contribution < -0.4 is 10.9 Å². The summed E-state index contributed by atoms with van der Waals surface area (Å²) in [5, 5.41) is 3.19. The summed E-state index contributed by atoms with van der Waals surface area (Å²) >= 11 is 5.95. The predicted octanol–water partition coefficient (Wildman–Crippen LogP) is 1.48. The summed E-state index contributed by atoms with van der Waals surface area (Å²) in [5.41, 5.74) is 0.378. The molecule has 4 nitrogen and oxygen atoms in total. The third-order valence-electron chi connectivity index (χ3n) is 2.58. The van der Waals surface area contributed by atoms with Gasteiger partial charge in [0.1, 0.15) is 5.56 Å². The van der Waals surface area contributed by atoms with E-state index in [2.05, 4.69) is 10.3 Å². The van der Waals surface area contributed by atoms with Crippen molar-refractivity contribution in [2.24, 2.45) is 0 Å². The molecule has 1 fully saturated rings. The van der Waals surface area contributed by atoms with E-state index in [1.165, 1.54) is 6.07 Å². The smallest absolute Gasteiger partial charge is 0.261 e. The first-order valence-electron chi connectivity index (χ1n) is 5.34. The predicted molar refractivity (Wildman–Crippen MR) is 61.9 cm³/mol. The largest absolute Gasteiger partial charge is 0.349 e. The fraction of sp³-hybridized carbons (Fsp3) is 0.455. The highest BCUT2D eigenvalue weighted by atomic mass is 35.5. The summed E-state index contributed by atoms with van der Waals surface area (Å²) in [5.74, 6) is -0.340. The number of carbonyl (C=O) groups excluding carboxylic acids is 1. The Labute approximate surface area is 98.0 Å². The lowest BCUT2D eigenvalue weighted by molar-refractivity contribution is 0.0949. The Balaban J connectivity index is 2.29. The molecule has 5 heteroatoms. The highest BCUT2D eigenvalue weighted by Crippen LogP contribution is 2.19. The maximum Gasteiger partial charge on any atom is 0.261 e. The number of aromatic nitrogens is 1. The van der Waals surface area contributed by atoms with E-state index in [9.17, 15) is 9.59 Å². The van der Waals surface area contributed by atoms with E-state index in [4.69, 9.17) is 11.6 Å². The van der Waals surface area contributed by atoms with Crippen molar-refractivity contribution in [2.75, 3.05) is 0 Å². The molecule has 1 aliphatic rings. The Hall–Kier alpha value is -1.29. The molecule has 0 aliphatic heterocycles. The molecule has 1 heterocycles. The van der Waals surface area contributed by atoms with Crippen molar-refractivity contribution < 1.29 is 4.79 Å². The van der Waals surface area contributed by atoms with Crippen LogP contribution in [0.25, 0.3) is 0 Å². The summed E-state index contributed by atoms with van der Waals surface area (Å²) < 4.78 is 0. The van der Waals surface area contributed by atoms with E-state index in [-0.39, 0.29) is 23.1 Å².